The Bertz CT molecular complexity index is 187. The monoisotopic (exact) mass is 214 g/mol. The van der Waals surface area contributed by atoms with E-state index in [1.54, 1.807) is 7.11 Å². The quantitative estimate of drug-likeness (QED) is 0.779. The molecule has 0 aromatic carbocycles. The number of hydrogen-bond acceptors (Lipinski definition) is 2. The number of ether oxygens (including phenoxy) is 1. The Kier molecular flexibility index (Phi) is 4.60. The maximum absolute atomic E-state index is 10.4. The van der Waals surface area contributed by atoms with Crippen molar-refractivity contribution in [2.75, 3.05) is 7.11 Å². The van der Waals surface area contributed by atoms with Crippen molar-refractivity contribution in [2.45, 2.75) is 64.6 Å². The molecule has 0 radical (unpaired) electrons. The Balaban J connectivity index is 2.61. The Morgan fingerprint density at radius 1 is 1.47 bits per heavy atom. The molecule has 0 bridgehead atoms. The van der Waals surface area contributed by atoms with Crippen LogP contribution in [0, 0.1) is 11.8 Å². The van der Waals surface area contributed by atoms with E-state index in [0.717, 1.165) is 25.2 Å². The molecule has 4 unspecified atom stereocenters. The molecule has 1 rings (SSSR count). The third-order valence-corrected chi connectivity index (χ3v) is 4.22. The first-order valence-corrected chi connectivity index (χ1v) is 6.26. The molecule has 0 spiro atoms. The molecular formula is C13H26O2. The van der Waals surface area contributed by atoms with Gasteiger partial charge in [-0.2, -0.15) is 0 Å². The highest BCUT2D eigenvalue weighted by Gasteiger charge is 2.38. The summed E-state index contributed by atoms with van der Waals surface area (Å²) < 4.78 is 5.49. The number of aliphatic hydroxyl groups excluding tert-OH is 1. The molecule has 0 aliphatic heterocycles. The van der Waals surface area contributed by atoms with Crippen molar-refractivity contribution in [2.24, 2.45) is 11.8 Å². The Labute approximate surface area is 94.0 Å². The number of aliphatic hydroxyl groups is 1. The van der Waals surface area contributed by atoms with Gasteiger partial charge in [0.15, 0.2) is 0 Å². The van der Waals surface area contributed by atoms with Crippen molar-refractivity contribution < 1.29 is 9.84 Å². The van der Waals surface area contributed by atoms with Crippen molar-refractivity contribution >= 4 is 0 Å². The highest BCUT2D eigenvalue weighted by atomic mass is 16.5. The third kappa shape index (κ3) is 2.94. The summed E-state index contributed by atoms with van der Waals surface area (Å²) >= 11 is 0. The highest BCUT2D eigenvalue weighted by molar-refractivity contribution is 4.89. The Morgan fingerprint density at radius 3 is 2.60 bits per heavy atom. The van der Waals surface area contributed by atoms with Gasteiger partial charge in [-0.1, -0.05) is 26.7 Å². The van der Waals surface area contributed by atoms with Crippen LogP contribution in [0.4, 0.5) is 0 Å². The molecule has 15 heavy (non-hydrogen) atoms. The maximum Gasteiger partial charge on any atom is 0.0908 e. The standard InChI is InChI=1S/C13H26O2/c1-5-13(3,15-4)12(14)11-8-6-7-10(2)9-11/h10-12,14H,5-9H2,1-4H3. The van der Waals surface area contributed by atoms with E-state index in [4.69, 9.17) is 4.74 Å². The lowest BCUT2D eigenvalue weighted by atomic mass is 9.74. The lowest BCUT2D eigenvalue weighted by Crippen LogP contribution is -2.46. The van der Waals surface area contributed by atoms with Crippen LogP contribution in [-0.4, -0.2) is 23.9 Å². The molecule has 2 nitrogen and oxygen atoms in total. The van der Waals surface area contributed by atoms with Gasteiger partial charge in [0.2, 0.25) is 0 Å². The average molecular weight is 214 g/mol. The van der Waals surface area contributed by atoms with Gasteiger partial charge in [0.1, 0.15) is 0 Å². The Morgan fingerprint density at radius 2 is 2.13 bits per heavy atom. The summed E-state index contributed by atoms with van der Waals surface area (Å²) in [7, 11) is 1.71. The van der Waals surface area contributed by atoms with Gasteiger partial charge < -0.3 is 9.84 Å². The largest absolute Gasteiger partial charge is 0.390 e. The van der Waals surface area contributed by atoms with E-state index in [2.05, 4.69) is 13.8 Å². The topological polar surface area (TPSA) is 29.5 Å². The molecule has 4 atom stereocenters. The molecule has 0 amide bonds. The van der Waals surface area contributed by atoms with E-state index in [1.165, 1.54) is 12.8 Å². The van der Waals surface area contributed by atoms with E-state index in [0.29, 0.717) is 5.92 Å². The molecule has 1 aliphatic rings. The third-order valence-electron chi connectivity index (χ3n) is 4.22. The van der Waals surface area contributed by atoms with Gasteiger partial charge in [-0.3, -0.25) is 0 Å². The molecule has 0 aromatic heterocycles. The second-order valence-corrected chi connectivity index (χ2v) is 5.35. The van der Waals surface area contributed by atoms with Crippen molar-refractivity contribution in [1.29, 1.82) is 0 Å². The van der Waals surface area contributed by atoms with E-state index in [-0.39, 0.29) is 11.7 Å². The molecule has 2 heteroatoms. The van der Waals surface area contributed by atoms with Crippen LogP contribution in [0.15, 0.2) is 0 Å². The van der Waals surface area contributed by atoms with Gasteiger partial charge in [0.25, 0.3) is 0 Å². The summed E-state index contributed by atoms with van der Waals surface area (Å²) in [6, 6.07) is 0. The van der Waals surface area contributed by atoms with Gasteiger partial charge in [0, 0.05) is 7.11 Å². The zero-order valence-corrected chi connectivity index (χ0v) is 10.6. The van der Waals surface area contributed by atoms with Crippen LogP contribution in [0.25, 0.3) is 0 Å². The van der Waals surface area contributed by atoms with Gasteiger partial charge in [-0.25, -0.2) is 0 Å². The van der Waals surface area contributed by atoms with E-state index < -0.39 is 0 Å². The SMILES string of the molecule is CCC(C)(OC)C(O)C1CCCC(C)C1. The number of methoxy groups -OCH3 is 1. The van der Waals surface area contributed by atoms with Gasteiger partial charge in [0.05, 0.1) is 11.7 Å². The molecule has 0 aromatic rings. The van der Waals surface area contributed by atoms with Crippen LogP contribution in [0.5, 0.6) is 0 Å². The first-order valence-electron chi connectivity index (χ1n) is 6.26. The predicted octanol–water partition coefficient (Wildman–Crippen LogP) is 2.99. The molecule has 1 aliphatic carbocycles. The molecule has 1 fully saturated rings. The smallest absolute Gasteiger partial charge is 0.0908 e. The van der Waals surface area contributed by atoms with Crippen LogP contribution in [0.1, 0.15) is 52.9 Å². The summed E-state index contributed by atoms with van der Waals surface area (Å²) in [6.07, 6.45) is 5.45. The fourth-order valence-corrected chi connectivity index (χ4v) is 2.74. The second-order valence-electron chi connectivity index (χ2n) is 5.35. The van der Waals surface area contributed by atoms with Crippen LogP contribution in [-0.2, 0) is 4.74 Å². The van der Waals surface area contributed by atoms with Crippen LogP contribution >= 0.6 is 0 Å². The number of hydrogen-bond donors (Lipinski definition) is 1. The second kappa shape index (κ2) is 5.31. The van der Waals surface area contributed by atoms with Crippen LogP contribution in [0.2, 0.25) is 0 Å². The highest BCUT2D eigenvalue weighted by Crippen LogP contribution is 2.36. The van der Waals surface area contributed by atoms with Gasteiger partial charge >= 0.3 is 0 Å². The lowest BCUT2D eigenvalue weighted by Gasteiger charge is -2.40. The first kappa shape index (κ1) is 13.0. The minimum Gasteiger partial charge on any atom is -0.390 e. The van der Waals surface area contributed by atoms with Crippen molar-refractivity contribution in [1.82, 2.24) is 0 Å². The number of rotatable bonds is 4. The van der Waals surface area contributed by atoms with Gasteiger partial charge in [-0.05, 0) is 38.0 Å². The lowest BCUT2D eigenvalue weighted by molar-refractivity contribution is -0.122. The normalized spacial score (nSPS) is 33.4. The molecule has 0 saturated heterocycles. The summed E-state index contributed by atoms with van der Waals surface area (Å²) in [5.41, 5.74) is -0.359. The van der Waals surface area contributed by atoms with Crippen LogP contribution < -0.4 is 0 Å². The maximum atomic E-state index is 10.4. The van der Waals surface area contributed by atoms with Gasteiger partial charge in [-0.15, -0.1) is 0 Å². The summed E-state index contributed by atoms with van der Waals surface area (Å²) in [5, 5.41) is 10.4. The summed E-state index contributed by atoms with van der Waals surface area (Å²) in [6.45, 7) is 6.39. The molecule has 90 valence electrons. The fourth-order valence-electron chi connectivity index (χ4n) is 2.74. The fraction of sp³-hybridized carbons (Fsp3) is 1.00. The summed E-state index contributed by atoms with van der Waals surface area (Å²) in [5.74, 6) is 1.19. The van der Waals surface area contributed by atoms with Crippen molar-refractivity contribution in [3.63, 3.8) is 0 Å². The molecule has 1 N–H and O–H groups in total. The van der Waals surface area contributed by atoms with Crippen molar-refractivity contribution in [3.8, 4) is 0 Å². The predicted molar refractivity (Wildman–Crippen MR) is 62.8 cm³/mol. The van der Waals surface area contributed by atoms with E-state index >= 15 is 0 Å². The minimum atomic E-state index is -0.359. The molecule has 1 saturated carbocycles. The summed E-state index contributed by atoms with van der Waals surface area (Å²) in [4.78, 5) is 0. The minimum absolute atomic E-state index is 0.310. The molecule has 0 heterocycles. The zero-order chi connectivity index (χ0) is 11.5. The molecular weight excluding hydrogens is 188 g/mol. The first-order chi connectivity index (χ1) is 7.03. The van der Waals surface area contributed by atoms with Crippen molar-refractivity contribution in [3.05, 3.63) is 0 Å². The van der Waals surface area contributed by atoms with Crippen LogP contribution in [0.3, 0.4) is 0 Å². The van der Waals surface area contributed by atoms with E-state index in [1.807, 2.05) is 6.92 Å². The van der Waals surface area contributed by atoms with E-state index in [9.17, 15) is 5.11 Å². The Hall–Kier alpha value is -0.0800. The average Bonchev–Trinajstić information content (AvgIpc) is 2.27. The zero-order valence-electron chi connectivity index (χ0n) is 10.6.